The SMILES string of the molecule is CC[C@H](COCc1ccc(OC)cc1)C(C)=O. The van der Waals surface area contributed by atoms with E-state index in [0.717, 1.165) is 17.7 Å². The zero-order chi connectivity index (χ0) is 12.7. The summed E-state index contributed by atoms with van der Waals surface area (Å²) in [6.07, 6.45) is 0.831. The van der Waals surface area contributed by atoms with Gasteiger partial charge in [-0.15, -0.1) is 0 Å². The van der Waals surface area contributed by atoms with Crippen molar-refractivity contribution >= 4 is 5.78 Å². The van der Waals surface area contributed by atoms with Crippen molar-refractivity contribution in [3.63, 3.8) is 0 Å². The van der Waals surface area contributed by atoms with Gasteiger partial charge in [-0.25, -0.2) is 0 Å². The first kappa shape index (κ1) is 13.7. The zero-order valence-electron chi connectivity index (χ0n) is 10.7. The Bertz CT molecular complexity index is 343. The predicted octanol–water partition coefficient (Wildman–Crippen LogP) is 2.83. The molecule has 0 aliphatic heterocycles. The Balaban J connectivity index is 2.37. The van der Waals surface area contributed by atoms with Crippen LogP contribution in [0.3, 0.4) is 0 Å². The second kappa shape index (κ2) is 7.07. The van der Waals surface area contributed by atoms with Crippen LogP contribution in [0.25, 0.3) is 0 Å². The summed E-state index contributed by atoms with van der Waals surface area (Å²) in [6, 6.07) is 7.74. The van der Waals surface area contributed by atoms with Gasteiger partial charge < -0.3 is 9.47 Å². The molecular weight excluding hydrogens is 216 g/mol. The van der Waals surface area contributed by atoms with E-state index < -0.39 is 0 Å². The third kappa shape index (κ3) is 4.57. The van der Waals surface area contributed by atoms with Crippen LogP contribution in [0.5, 0.6) is 5.75 Å². The van der Waals surface area contributed by atoms with Crippen molar-refractivity contribution in [3.05, 3.63) is 29.8 Å². The van der Waals surface area contributed by atoms with Crippen LogP contribution in [0.1, 0.15) is 25.8 Å². The second-order valence-corrected chi connectivity index (χ2v) is 4.08. The highest BCUT2D eigenvalue weighted by Gasteiger charge is 2.11. The van der Waals surface area contributed by atoms with Crippen LogP contribution >= 0.6 is 0 Å². The van der Waals surface area contributed by atoms with Crippen LogP contribution in [0.2, 0.25) is 0 Å². The van der Waals surface area contributed by atoms with E-state index >= 15 is 0 Å². The first-order valence-electron chi connectivity index (χ1n) is 5.88. The number of carbonyl (C=O) groups excluding carboxylic acids is 1. The molecule has 0 N–H and O–H groups in total. The topological polar surface area (TPSA) is 35.5 Å². The molecule has 0 radical (unpaired) electrons. The number of ketones is 1. The number of rotatable bonds is 7. The summed E-state index contributed by atoms with van der Waals surface area (Å²) in [5.74, 6) is 1.05. The largest absolute Gasteiger partial charge is 0.497 e. The quantitative estimate of drug-likeness (QED) is 0.730. The monoisotopic (exact) mass is 236 g/mol. The minimum atomic E-state index is 0.0215. The van der Waals surface area contributed by atoms with Crippen molar-refractivity contribution in [1.82, 2.24) is 0 Å². The molecule has 1 aromatic carbocycles. The molecule has 17 heavy (non-hydrogen) atoms. The maximum absolute atomic E-state index is 11.2. The molecule has 3 nitrogen and oxygen atoms in total. The van der Waals surface area contributed by atoms with Gasteiger partial charge in [0.05, 0.1) is 20.3 Å². The fourth-order valence-corrected chi connectivity index (χ4v) is 1.56. The van der Waals surface area contributed by atoms with Gasteiger partial charge >= 0.3 is 0 Å². The number of carbonyl (C=O) groups is 1. The van der Waals surface area contributed by atoms with Crippen LogP contribution in [0.4, 0.5) is 0 Å². The highest BCUT2D eigenvalue weighted by Crippen LogP contribution is 2.13. The number of hydrogen-bond donors (Lipinski definition) is 0. The minimum absolute atomic E-state index is 0.0215. The van der Waals surface area contributed by atoms with Crippen molar-refractivity contribution in [2.75, 3.05) is 13.7 Å². The first-order chi connectivity index (χ1) is 8.17. The van der Waals surface area contributed by atoms with Crippen molar-refractivity contribution in [1.29, 1.82) is 0 Å². The minimum Gasteiger partial charge on any atom is -0.497 e. The van der Waals surface area contributed by atoms with E-state index in [1.807, 2.05) is 31.2 Å². The lowest BCUT2D eigenvalue weighted by Gasteiger charge is -2.11. The van der Waals surface area contributed by atoms with Crippen molar-refractivity contribution < 1.29 is 14.3 Å². The molecule has 0 saturated heterocycles. The van der Waals surface area contributed by atoms with Gasteiger partial charge in [-0.1, -0.05) is 19.1 Å². The van der Waals surface area contributed by atoms with Gasteiger partial charge in [-0.3, -0.25) is 4.79 Å². The van der Waals surface area contributed by atoms with E-state index in [-0.39, 0.29) is 11.7 Å². The van der Waals surface area contributed by atoms with E-state index in [0.29, 0.717) is 13.2 Å². The predicted molar refractivity (Wildman–Crippen MR) is 67.1 cm³/mol. The van der Waals surface area contributed by atoms with Crippen LogP contribution in [0, 0.1) is 5.92 Å². The van der Waals surface area contributed by atoms with Gasteiger partial charge in [0, 0.05) is 5.92 Å². The Kier molecular flexibility index (Phi) is 5.70. The third-order valence-corrected chi connectivity index (χ3v) is 2.81. The van der Waals surface area contributed by atoms with E-state index in [1.165, 1.54) is 0 Å². The molecule has 0 bridgehead atoms. The Hall–Kier alpha value is -1.35. The molecule has 0 aliphatic carbocycles. The lowest BCUT2D eigenvalue weighted by molar-refractivity contribution is -0.122. The lowest BCUT2D eigenvalue weighted by atomic mass is 10.0. The summed E-state index contributed by atoms with van der Waals surface area (Å²) in [5.41, 5.74) is 1.09. The summed E-state index contributed by atoms with van der Waals surface area (Å²) >= 11 is 0. The van der Waals surface area contributed by atoms with Crippen molar-refractivity contribution in [2.24, 2.45) is 5.92 Å². The molecule has 0 aliphatic rings. The van der Waals surface area contributed by atoms with Gasteiger partial charge in [0.15, 0.2) is 0 Å². The van der Waals surface area contributed by atoms with Gasteiger partial charge in [0.25, 0.3) is 0 Å². The maximum atomic E-state index is 11.2. The number of ether oxygens (including phenoxy) is 2. The molecule has 3 heteroatoms. The number of methoxy groups -OCH3 is 1. The Labute approximate surface area is 103 Å². The average Bonchev–Trinajstić information content (AvgIpc) is 2.35. The highest BCUT2D eigenvalue weighted by atomic mass is 16.5. The zero-order valence-corrected chi connectivity index (χ0v) is 10.7. The molecule has 1 aromatic rings. The van der Waals surface area contributed by atoms with Gasteiger partial charge in [0.2, 0.25) is 0 Å². The van der Waals surface area contributed by atoms with Gasteiger partial charge in [-0.2, -0.15) is 0 Å². The molecule has 0 amide bonds. The fourth-order valence-electron chi connectivity index (χ4n) is 1.56. The number of hydrogen-bond acceptors (Lipinski definition) is 3. The standard InChI is InChI=1S/C14H20O3/c1-4-13(11(2)15)10-17-9-12-5-7-14(16-3)8-6-12/h5-8,13H,4,9-10H2,1-3H3/t13-/m1/s1. The van der Waals surface area contributed by atoms with E-state index in [9.17, 15) is 4.79 Å². The van der Waals surface area contributed by atoms with E-state index in [2.05, 4.69) is 0 Å². The van der Waals surface area contributed by atoms with Gasteiger partial charge in [-0.05, 0) is 31.0 Å². The van der Waals surface area contributed by atoms with Gasteiger partial charge in [0.1, 0.15) is 11.5 Å². The molecule has 0 aromatic heterocycles. The second-order valence-electron chi connectivity index (χ2n) is 4.08. The fraction of sp³-hybridized carbons (Fsp3) is 0.500. The Morgan fingerprint density at radius 1 is 1.29 bits per heavy atom. The summed E-state index contributed by atoms with van der Waals surface area (Å²) < 4.78 is 10.6. The number of benzene rings is 1. The molecule has 1 atom stereocenters. The summed E-state index contributed by atoms with van der Waals surface area (Å²) in [4.78, 5) is 11.2. The van der Waals surface area contributed by atoms with Crippen LogP contribution < -0.4 is 4.74 Å². The molecular formula is C14H20O3. The molecule has 0 fully saturated rings. The van der Waals surface area contributed by atoms with Crippen LogP contribution in [-0.4, -0.2) is 19.5 Å². The third-order valence-electron chi connectivity index (χ3n) is 2.81. The summed E-state index contributed by atoms with van der Waals surface area (Å²) in [5, 5.41) is 0. The van der Waals surface area contributed by atoms with E-state index in [4.69, 9.17) is 9.47 Å². The van der Waals surface area contributed by atoms with Crippen LogP contribution in [-0.2, 0) is 16.1 Å². The van der Waals surface area contributed by atoms with Crippen LogP contribution in [0.15, 0.2) is 24.3 Å². The molecule has 0 heterocycles. The molecule has 0 unspecified atom stereocenters. The molecule has 94 valence electrons. The maximum Gasteiger partial charge on any atom is 0.135 e. The highest BCUT2D eigenvalue weighted by molar-refractivity contribution is 5.78. The normalized spacial score (nSPS) is 12.2. The first-order valence-corrected chi connectivity index (χ1v) is 5.88. The average molecular weight is 236 g/mol. The summed E-state index contributed by atoms with van der Waals surface area (Å²) in [7, 11) is 1.64. The molecule has 0 saturated carbocycles. The van der Waals surface area contributed by atoms with E-state index in [1.54, 1.807) is 14.0 Å². The van der Waals surface area contributed by atoms with Crippen molar-refractivity contribution in [2.45, 2.75) is 26.9 Å². The van der Waals surface area contributed by atoms with Crippen molar-refractivity contribution in [3.8, 4) is 5.75 Å². The number of Topliss-reactive ketones (excluding diaryl/α,β-unsaturated/α-hetero) is 1. The Morgan fingerprint density at radius 3 is 2.41 bits per heavy atom. The lowest BCUT2D eigenvalue weighted by Crippen LogP contribution is -2.16. The summed E-state index contributed by atoms with van der Waals surface area (Å²) in [6.45, 7) is 4.65. The smallest absolute Gasteiger partial charge is 0.135 e. The Morgan fingerprint density at radius 2 is 1.94 bits per heavy atom. The molecule has 0 spiro atoms. The molecule has 1 rings (SSSR count).